The molecule has 164 valence electrons. The van der Waals surface area contributed by atoms with Gasteiger partial charge in [-0.1, -0.05) is 114 Å². The van der Waals surface area contributed by atoms with Gasteiger partial charge in [-0.25, -0.2) is 0 Å². The molecule has 1 nitrogen and oxygen atoms in total. The van der Waals surface area contributed by atoms with Crippen molar-refractivity contribution in [2.45, 2.75) is 52.9 Å². The van der Waals surface area contributed by atoms with Gasteiger partial charge < -0.3 is 5.32 Å². The number of rotatable bonds is 4. The van der Waals surface area contributed by atoms with Gasteiger partial charge in [0.25, 0.3) is 0 Å². The zero-order valence-electron chi connectivity index (χ0n) is 20.2. The van der Waals surface area contributed by atoms with Crippen molar-refractivity contribution in [3.63, 3.8) is 0 Å². The summed E-state index contributed by atoms with van der Waals surface area (Å²) in [5.41, 5.74) is 6.62. The maximum atomic E-state index is 3.67. The minimum atomic E-state index is 0.0991. The first kappa shape index (κ1) is 22.1. The van der Waals surface area contributed by atoms with Crippen LogP contribution in [0, 0.1) is 5.41 Å². The predicted molar refractivity (Wildman–Crippen MR) is 140 cm³/mol. The van der Waals surface area contributed by atoms with Crippen molar-refractivity contribution >= 4 is 22.1 Å². The smallest absolute Gasteiger partial charge is 0.0464 e. The molecule has 1 atom stereocenters. The zero-order chi connectivity index (χ0) is 22.9. The molecule has 4 aromatic carbocycles. The number of fused-ring (bicyclic) bond motifs is 1. The van der Waals surface area contributed by atoms with Gasteiger partial charge in [-0.2, -0.15) is 0 Å². The molecule has 0 fully saturated rings. The van der Waals surface area contributed by atoms with Crippen LogP contribution >= 0.6 is 0 Å². The number of hydrogen-bond donors (Lipinski definition) is 1. The average molecular weight is 422 g/mol. The van der Waals surface area contributed by atoms with Crippen LogP contribution in [0.2, 0.25) is 0 Å². The van der Waals surface area contributed by atoms with Crippen molar-refractivity contribution in [1.29, 1.82) is 0 Å². The fourth-order valence-electron chi connectivity index (χ4n) is 4.68. The Labute approximate surface area is 193 Å². The summed E-state index contributed by atoms with van der Waals surface area (Å²) in [6, 6.07) is 33.1. The molecular formula is C31H35N. The Balaban J connectivity index is 1.78. The number of anilines is 2. The van der Waals surface area contributed by atoms with Crippen molar-refractivity contribution in [2.75, 3.05) is 5.32 Å². The first-order valence-electron chi connectivity index (χ1n) is 11.6. The number of nitrogens with one attached hydrogen (secondary N) is 1. The normalized spacial score (nSPS) is 13.2. The van der Waals surface area contributed by atoms with E-state index in [1.165, 1.54) is 27.5 Å². The van der Waals surface area contributed by atoms with Gasteiger partial charge in [0.1, 0.15) is 0 Å². The Kier molecular flexibility index (Phi) is 5.86. The molecule has 0 aliphatic carbocycles. The van der Waals surface area contributed by atoms with E-state index < -0.39 is 0 Å². The Morgan fingerprint density at radius 3 is 1.78 bits per heavy atom. The third-order valence-corrected chi connectivity index (χ3v) is 6.30. The molecule has 0 aromatic heterocycles. The van der Waals surface area contributed by atoms with Crippen molar-refractivity contribution in [3.8, 4) is 0 Å². The number of hydrogen-bond acceptors (Lipinski definition) is 1. The first-order valence-corrected chi connectivity index (χ1v) is 11.6. The van der Waals surface area contributed by atoms with Crippen LogP contribution in [0.4, 0.5) is 11.4 Å². The van der Waals surface area contributed by atoms with Crippen LogP contribution < -0.4 is 5.32 Å². The van der Waals surface area contributed by atoms with E-state index in [4.69, 9.17) is 0 Å². The van der Waals surface area contributed by atoms with Gasteiger partial charge in [0.05, 0.1) is 0 Å². The van der Waals surface area contributed by atoms with Gasteiger partial charge in [0.15, 0.2) is 0 Å². The zero-order valence-corrected chi connectivity index (χ0v) is 20.2. The molecule has 4 aromatic rings. The largest absolute Gasteiger partial charge is 0.355 e. The highest BCUT2D eigenvalue weighted by Gasteiger charge is 2.29. The summed E-state index contributed by atoms with van der Waals surface area (Å²) in [6.07, 6.45) is 0. The highest BCUT2D eigenvalue weighted by molar-refractivity contribution is 5.98. The molecular weight excluding hydrogens is 386 g/mol. The Bertz CT molecular complexity index is 1190. The second-order valence-corrected chi connectivity index (χ2v) is 10.9. The lowest BCUT2D eigenvalue weighted by Crippen LogP contribution is -2.20. The van der Waals surface area contributed by atoms with Crippen LogP contribution in [-0.4, -0.2) is 0 Å². The monoisotopic (exact) mass is 421 g/mol. The fourth-order valence-corrected chi connectivity index (χ4v) is 4.68. The van der Waals surface area contributed by atoms with Crippen molar-refractivity contribution in [2.24, 2.45) is 5.41 Å². The third kappa shape index (κ3) is 4.58. The van der Waals surface area contributed by atoms with Gasteiger partial charge in [0.2, 0.25) is 0 Å². The molecule has 4 rings (SSSR count). The van der Waals surface area contributed by atoms with Crippen LogP contribution in [0.3, 0.4) is 0 Å². The summed E-state index contributed by atoms with van der Waals surface area (Å²) in [7, 11) is 0. The second kappa shape index (κ2) is 8.47. The lowest BCUT2D eigenvalue weighted by atomic mass is 9.71. The maximum Gasteiger partial charge on any atom is 0.0464 e. The van der Waals surface area contributed by atoms with Crippen LogP contribution in [0.15, 0.2) is 91.0 Å². The van der Waals surface area contributed by atoms with E-state index in [2.05, 4.69) is 138 Å². The lowest BCUT2D eigenvalue weighted by molar-refractivity contribution is 0.360. The van der Waals surface area contributed by atoms with E-state index in [-0.39, 0.29) is 10.8 Å². The van der Waals surface area contributed by atoms with E-state index in [1.54, 1.807) is 0 Å². The topological polar surface area (TPSA) is 12.0 Å². The summed E-state index contributed by atoms with van der Waals surface area (Å²) in [4.78, 5) is 0. The predicted octanol–water partition coefficient (Wildman–Crippen LogP) is 9.06. The van der Waals surface area contributed by atoms with Gasteiger partial charge in [0, 0.05) is 22.7 Å². The van der Waals surface area contributed by atoms with Gasteiger partial charge in [-0.15, -0.1) is 0 Å². The molecule has 0 saturated heterocycles. The van der Waals surface area contributed by atoms with E-state index in [0.29, 0.717) is 5.92 Å². The minimum Gasteiger partial charge on any atom is -0.355 e. The van der Waals surface area contributed by atoms with Crippen molar-refractivity contribution in [3.05, 3.63) is 108 Å². The Hall–Kier alpha value is -3.06. The van der Waals surface area contributed by atoms with E-state index >= 15 is 0 Å². The molecule has 0 radical (unpaired) electrons. The first-order chi connectivity index (χ1) is 15.1. The van der Waals surface area contributed by atoms with Crippen LogP contribution in [-0.2, 0) is 5.41 Å². The SMILES string of the molecule is CC(C)(C)c1ccc(Nc2ccc(C(c3ccccc3)C(C)(C)C)c3ccccc23)cc1. The van der Waals surface area contributed by atoms with Crippen LogP contribution in [0.25, 0.3) is 10.8 Å². The fraction of sp³-hybridized carbons (Fsp3) is 0.290. The van der Waals surface area contributed by atoms with Gasteiger partial charge in [-0.3, -0.25) is 0 Å². The molecule has 1 heteroatoms. The highest BCUT2D eigenvalue weighted by Crippen LogP contribution is 2.44. The molecule has 1 unspecified atom stereocenters. The molecule has 0 spiro atoms. The molecule has 0 saturated carbocycles. The summed E-state index contributed by atoms with van der Waals surface area (Å²) in [6.45, 7) is 13.8. The lowest BCUT2D eigenvalue weighted by Gasteiger charge is -2.33. The summed E-state index contributed by atoms with van der Waals surface area (Å²) in [5.74, 6) is 0.314. The quantitative estimate of drug-likeness (QED) is 0.346. The molecule has 0 aliphatic rings. The molecule has 0 amide bonds. The summed E-state index contributed by atoms with van der Waals surface area (Å²) < 4.78 is 0. The van der Waals surface area contributed by atoms with E-state index in [0.717, 1.165) is 11.4 Å². The van der Waals surface area contributed by atoms with E-state index in [1.807, 2.05) is 0 Å². The Morgan fingerprint density at radius 1 is 0.594 bits per heavy atom. The van der Waals surface area contributed by atoms with Gasteiger partial charge in [-0.05, 0) is 51.1 Å². The Morgan fingerprint density at radius 2 is 1.19 bits per heavy atom. The minimum absolute atomic E-state index is 0.0991. The summed E-state index contributed by atoms with van der Waals surface area (Å²) in [5, 5.41) is 6.24. The molecule has 0 heterocycles. The molecule has 0 aliphatic heterocycles. The molecule has 1 N–H and O–H groups in total. The number of benzene rings is 4. The third-order valence-electron chi connectivity index (χ3n) is 6.30. The van der Waals surface area contributed by atoms with E-state index in [9.17, 15) is 0 Å². The van der Waals surface area contributed by atoms with Crippen molar-refractivity contribution < 1.29 is 0 Å². The van der Waals surface area contributed by atoms with Crippen LogP contribution in [0.1, 0.15) is 64.2 Å². The van der Waals surface area contributed by atoms with Gasteiger partial charge >= 0.3 is 0 Å². The highest BCUT2D eigenvalue weighted by atomic mass is 14.9. The second-order valence-electron chi connectivity index (χ2n) is 10.9. The standard InChI is InChI=1S/C31H35N/c1-30(2,3)23-16-18-24(19-17-23)32-28-21-20-27(25-14-10-11-15-26(25)28)29(31(4,5)6)22-12-8-7-9-13-22/h7-21,29,32H,1-6H3. The molecule has 32 heavy (non-hydrogen) atoms. The van der Waals surface area contributed by atoms with Crippen LogP contribution in [0.5, 0.6) is 0 Å². The van der Waals surface area contributed by atoms with Crippen molar-refractivity contribution in [1.82, 2.24) is 0 Å². The summed E-state index contributed by atoms with van der Waals surface area (Å²) >= 11 is 0. The maximum absolute atomic E-state index is 3.67. The average Bonchev–Trinajstić information content (AvgIpc) is 2.75. The molecule has 0 bridgehead atoms.